The normalized spacial score (nSPS) is 12.4. The second-order valence-electron chi connectivity index (χ2n) is 2.77. The van der Waals surface area contributed by atoms with Crippen molar-refractivity contribution in [2.45, 2.75) is 12.3 Å². The van der Waals surface area contributed by atoms with E-state index in [1.54, 1.807) is 0 Å². The van der Waals surface area contributed by atoms with Crippen molar-refractivity contribution in [3.05, 3.63) is 48.6 Å². The number of aliphatic hydroxyl groups is 1. The van der Waals surface area contributed by atoms with Gasteiger partial charge in [-0.1, -0.05) is 36.4 Å². The van der Waals surface area contributed by atoms with E-state index in [0.717, 1.165) is 6.42 Å². The van der Waals surface area contributed by atoms with Crippen LogP contribution in [0.15, 0.2) is 43.0 Å². The van der Waals surface area contributed by atoms with Gasteiger partial charge >= 0.3 is 0 Å². The molecule has 1 aromatic carbocycles. The first-order valence-corrected chi connectivity index (χ1v) is 4.17. The van der Waals surface area contributed by atoms with Gasteiger partial charge in [0.15, 0.2) is 0 Å². The molecule has 1 nitrogen and oxygen atoms in total. The lowest BCUT2D eigenvalue weighted by molar-refractivity contribution is 0.283. The molecule has 0 aliphatic rings. The molecule has 0 aliphatic carbocycles. The van der Waals surface area contributed by atoms with Crippen LogP contribution in [0.5, 0.6) is 0 Å². The minimum atomic E-state index is 0.214. The van der Waals surface area contributed by atoms with E-state index in [2.05, 4.69) is 18.7 Å². The molecule has 0 unspecified atom stereocenters. The molecule has 0 heterocycles. The Morgan fingerprint density at radius 1 is 1.33 bits per heavy atom. The molecule has 1 rings (SSSR count). The number of hydrogen-bond acceptors (Lipinski definition) is 1. The number of hydrogen-bond donors (Lipinski definition) is 1. The molecule has 1 heteroatoms. The Kier molecular flexibility index (Phi) is 3.55. The second kappa shape index (κ2) is 4.73. The Hall–Kier alpha value is -1.08. The maximum atomic E-state index is 8.78. The molecule has 0 spiro atoms. The summed E-state index contributed by atoms with van der Waals surface area (Å²) in [6, 6.07) is 10.1. The number of aliphatic hydroxyl groups excluding tert-OH is 1. The van der Waals surface area contributed by atoms with Crippen LogP contribution in [-0.2, 0) is 0 Å². The van der Waals surface area contributed by atoms with Crippen molar-refractivity contribution in [3.63, 3.8) is 0 Å². The van der Waals surface area contributed by atoms with Crippen LogP contribution < -0.4 is 0 Å². The minimum Gasteiger partial charge on any atom is -0.396 e. The molecule has 1 atom stereocenters. The number of benzene rings is 1. The Bertz CT molecular complexity index is 228. The zero-order valence-electron chi connectivity index (χ0n) is 7.11. The summed E-state index contributed by atoms with van der Waals surface area (Å²) < 4.78 is 0. The van der Waals surface area contributed by atoms with Crippen molar-refractivity contribution in [2.75, 3.05) is 6.61 Å². The van der Waals surface area contributed by atoms with Gasteiger partial charge in [0.2, 0.25) is 0 Å². The average molecular weight is 162 g/mol. The fourth-order valence-electron chi connectivity index (χ4n) is 1.26. The zero-order chi connectivity index (χ0) is 8.81. The minimum absolute atomic E-state index is 0.214. The van der Waals surface area contributed by atoms with Crippen molar-refractivity contribution in [1.29, 1.82) is 0 Å². The first-order chi connectivity index (χ1) is 5.88. The molecule has 0 bridgehead atoms. The maximum absolute atomic E-state index is 8.78. The molecule has 0 amide bonds. The van der Waals surface area contributed by atoms with Gasteiger partial charge in [-0.15, -0.1) is 6.58 Å². The van der Waals surface area contributed by atoms with E-state index in [1.807, 2.05) is 24.3 Å². The van der Waals surface area contributed by atoms with Gasteiger partial charge in [0.25, 0.3) is 0 Å². The number of allylic oxidation sites excluding steroid dienone is 1. The predicted molar refractivity (Wildman–Crippen MR) is 51.1 cm³/mol. The van der Waals surface area contributed by atoms with Gasteiger partial charge in [-0.3, -0.25) is 0 Å². The summed E-state index contributed by atoms with van der Waals surface area (Å²) in [5, 5.41) is 8.78. The van der Waals surface area contributed by atoms with Gasteiger partial charge < -0.3 is 5.11 Å². The third-order valence-corrected chi connectivity index (χ3v) is 1.95. The van der Waals surface area contributed by atoms with Gasteiger partial charge in [0.1, 0.15) is 0 Å². The second-order valence-corrected chi connectivity index (χ2v) is 2.77. The van der Waals surface area contributed by atoms with Crippen LogP contribution in [-0.4, -0.2) is 11.7 Å². The van der Waals surface area contributed by atoms with Crippen molar-refractivity contribution in [1.82, 2.24) is 0 Å². The quantitative estimate of drug-likeness (QED) is 0.674. The Morgan fingerprint density at radius 3 is 2.50 bits per heavy atom. The molecule has 0 saturated heterocycles. The molecule has 1 N–H and O–H groups in total. The molecule has 64 valence electrons. The van der Waals surface area contributed by atoms with Gasteiger partial charge in [-0.2, -0.15) is 0 Å². The highest BCUT2D eigenvalue weighted by atomic mass is 16.3. The van der Waals surface area contributed by atoms with Gasteiger partial charge in [0, 0.05) is 12.5 Å². The smallest absolute Gasteiger partial charge is 0.0439 e. The summed E-state index contributed by atoms with van der Waals surface area (Å²) in [7, 11) is 0. The van der Waals surface area contributed by atoms with Crippen LogP contribution in [0.25, 0.3) is 0 Å². The van der Waals surface area contributed by atoms with Crippen LogP contribution in [0.1, 0.15) is 17.9 Å². The molecule has 0 aromatic heterocycles. The summed E-state index contributed by atoms with van der Waals surface area (Å²) in [4.78, 5) is 0. The largest absolute Gasteiger partial charge is 0.396 e. The van der Waals surface area contributed by atoms with Crippen LogP contribution in [0.4, 0.5) is 0 Å². The lowest BCUT2D eigenvalue weighted by Gasteiger charge is -2.10. The summed E-state index contributed by atoms with van der Waals surface area (Å²) in [6.07, 6.45) is 2.64. The summed E-state index contributed by atoms with van der Waals surface area (Å²) in [5.41, 5.74) is 1.22. The van der Waals surface area contributed by atoms with Crippen LogP contribution in [0, 0.1) is 0 Å². The Morgan fingerprint density at radius 2 is 2.00 bits per heavy atom. The van der Waals surface area contributed by atoms with Crippen LogP contribution >= 0.6 is 0 Å². The monoisotopic (exact) mass is 162 g/mol. The third-order valence-electron chi connectivity index (χ3n) is 1.95. The van der Waals surface area contributed by atoms with E-state index in [4.69, 9.17) is 5.11 Å². The fraction of sp³-hybridized carbons (Fsp3) is 0.273. The molecule has 0 radical (unpaired) electrons. The number of rotatable bonds is 4. The topological polar surface area (TPSA) is 20.2 Å². The van der Waals surface area contributed by atoms with E-state index in [-0.39, 0.29) is 12.5 Å². The van der Waals surface area contributed by atoms with Crippen molar-refractivity contribution >= 4 is 0 Å². The van der Waals surface area contributed by atoms with Crippen LogP contribution in [0.3, 0.4) is 0 Å². The first-order valence-electron chi connectivity index (χ1n) is 4.17. The highest BCUT2D eigenvalue weighted by Crippen LogP contribution is 2.19. The molecule has 0 fully saturated rings. The summed E-state index contributed by atoms with van der Waals surface area (Å²) >= 11 is 0. The van der Waals surface area contributed by atoms with Crippen LogP contribution in [0.2, 0.25) is 0 Å². The molecule has 1 aromatic rings. The molecule has 0 saturated carbocycles. The van der Waals surface area contributed by atoms with E-state index in [0.29, 0.717) is 0 Å². The Balaban J connectivity index is 2.73. The van der Waals surface area contributed by atoms with Crippen molar-refractivity contribution in [2.24, 2.45) is 0 Å². The highest BCUT2D eigenvalue weighted by Gasteiger charge is 2.04. The Labute approximate surface area is 73.4 Å². The zero-order valence-corrected chi connectivity index (χ0v) is 7.11. The van der Waals surface area contributed by atoms with Crippen molar-refractivity contribution in [3.8, 4) is 0 Å². The van der Waals surface area contributed by atoms with Gasteiger partial charge in [-0.05, 0) is 12.0 Å². The third kappa shape index (κ3) is 2.21. The molecule has 12 heavy (non-hydrogen) atoms. The lowest BCUT2D eigenvalue weighted by atomic mass is 9.96. The van der Waals surface area contributed by atoms with E-state index >= 15 is 0 Å². The lowest BCUT2D eigenvalue weighted by Crippen LogP contribution is -1.97. The fourth-order valence-corrected chi connectivity index (χ4v) is 1.26. The molecule has 0 aliphatic heterocycles. The standard InChI is InChI=1S/C11H14O/c1-2-10(8-9-12)11-6-4-3-5-7-11/h2-7,10,12H,1,8-9H2/t10-/m0/s1. The summed E-state index contributed by atoms with van der Waals surface area (Å²) in [5.74, 6) is 0.288. The van der Waals surface area contributed by atoms with E-state index < -0.39 is 0 Å². The molecular formula is C11H14O. The highest BCUT2D eigenvalue weighted by molar-refractivity contribution is 5.22. The van der Waals surface area contributed by atoms with Crippen molar-refractivity contribution < 1.29 is 5.11 Å². The first kappa shape index (κ1) is 9.01. The molecular weight excluding hydrogens is 148 g/mol. The van der Waals surface area contributed by atoms with E-state index in [1.165, 1.54) is 5.56 Å². The average Bonchev–Trinajstić information content (AvgIpc) is 2.15. The summed E-state index contributed by atoms with van der Waals surface area (Å²) in [6.45, 7) is 3.96. The maximum Gasteiger partial charge on any atom is 0.0439 e. The SMILES string of the molecule is C=C[C@@H](CCO)c1ccccc1. The van der Waals surface area contributed by atoms with E-state index in [9.17, 15) is 0 Å². The van der Waals surface area contributed by atoms with Gasteiger partial charge in [0.05, 0.1) is 0 Å². The van der Waals surface area contributed by atoms with Gasteiger partial charge in [-0.25, -0.2) is 0 Å². The predicted octanol–water partition coefficient (Wildman–Crippen LogP) is 2.34.